The van der Waals surface area contributed by atoms with Crippen molar-refractivity contribution >= 4 is 29.4 Å². The molecule has 202 valence electrons. The SMILES string of the molecule is O=C(N[C@@H]1CCc2ccccc21)C(CO)N1Cc2ccc(-c3nc(NC4CCOCC4)ncc3Cl)cc2C1=O. The number of aliphatic hydroxyl groups is 1. The van der Waals surface area contributed by atoms with Gasteiger partial charge in [-0.1, -0.05) is 48.0 Å². The number of aliphatic hydroxyl groups excluding tert-OH is 1. The minimum Gasteiger partial charge on any atom is -0.394 e. The van der Waals surface area contributed by atoms with Gasteiger partial charge in [0.25, 0.3) is 5.91 Å². The quantitative estimate of drug-likeness (QED) is 0.414. The number of aryl methyl sites for hydroxylation is 1. The molecule has 9 nitrogen and oxygen atoms in total. The van der Waals surface area contributed by atoms with Gasteiger partial charge < -0.3 is 25.4 Å². The van der Waals surface area contributed by atoms with Gasteiger partial charge in [0.2, 0.25) is 11.9 Å². The molecule has 2 atom stereocenters. The van der Waals surface area contributed by atoms with E-state index in [1.165, 1.54) is 10.5 Å². The average Bonchev–Trinajstić information content (AvgIpc) is 3.51. The van der Waals surface area contributed by atoms with E-state index in [0.29, 0.717) is 41.0 Å². The number of aromatic nitrogens is 2. The molecule has 6 rings (SSSR count). The fourth-order valence-corrected chi connectivity index (χ4v) is 5.88. The molecule has 0 bridgehead atoms. The molecule has 3 aliphatic rings. The molecule has 0 spiro atoms. The van der Waals surface area contributed by atoms with Crippen LogP contribution in [0.5, 0.6) is 0 Å². The van der Waals surface area contributed by atoms with E-state index < -0.39 is 12.6 Å². The van der Waals surface area contributed by atoms with E-state index in [4.69, 9.17) is 16.3 Å². The second kappa shape index (κ2) is 10.9. The van der Waals surface area contributed by atoms with Crippen LogP contribution in [0.15, 0.2) is 48.7 Å². The van der Waals surface area contributed by atoms with Crippen molar-refractivity contribution in [3.63, 3.8) is 0 Å². The number of halogens is 1. The molecule has 39 heavy (non-hydrogen) atoms. The number of nitrogens with zero attached hydrogens (tertiary/aromatic N) is 3. The van der Waals surface area contributed by atoms with Crippen molar-refractivity contribution in [2.75, 3.05) is 25.1 Å². The average molecular weight is 548 g/mol. The summed E-state index contributed by atoms with van der Waals surface area (Å²) in [5.41, 5.74) is 4.77. The van der Waals surface area contributed by atoms with Gasteiger partial charge >= 0.3 is 0 Å². The molecule has 3 N–H and O–H groups in total. The normalized spacial score (nSPS) is 19.5. The van der Waals surface area contributed by atoms with Crippen LogP contribution in [0.4, 0.5) is 5.95 Å². The van der Waals surface area contributed by atoms with Crippen molar-refractivity contribution in [3.05, 3.63) is 75.9 Å². The highest BCUT2D eigenvalue weighted by atomic mass is 35.5. The number of anilines is 1. The third-order valence-corrected chi connectivity index (χ3v) is 8.09. The number of hydrogen-bond donors (Lipinski definition) is 3. The number of ether oxygens (including phenoxy) is 1. The Hall–Kier alpha value is -3.53. The highest BCUT2D eigenvalue weighted by Crippen LogP contribution is 2.34. The second-order valence-corrected chi connectivity index (χ2v) is 10.6. The first-order valence-electron chi connectivity index (χ1n) is 13.3. The molecule has 3 heterocycles. The lowest BCUT2D eigenvalue weighted by Gasteiger charge is -2.27. The fourth-order valence-electron chi connectivity index (χ4n) is 5.68. The van der Waals surface area contributed by atoms with Crippen LogP contribution in [0, 0.1) is 0 Å². The summed E-state index contributed by atoms with van der Waals surface area (Å²) in [6.07, 6.45) is 4.99. The van der Waals surface area contributed by atoms with E-state index in [2.05, 4.69) is 26.7 Å². The van der Waals surface area contributed by atoms with E-state index in [1.807, 2.05) is 30.3 Å². The summed E-state index contributed by atoms with van der Waals surface area (Å²) in [6, 6.07) is 12.6. The van der Waals surface area contributed by atoms with Gasteiger partial charge in [-0.05, 0) is 48.4 Å². The Balaban J connectivity index is 1.19. The highest BCUT2D eigenvalue weighted by molar-refractivity contribution is 6.33. The van der Waals surface area contributed by atoms with Gasteiger partial charge in [-0.3, -0.25) is 9.59 Å². The second-order valence-electron chi connectivity index (χ2n) is 10.2. The van der Waals surface area contributed by atoms with Crippen molar-refractivity contribution in [1.29, 1.82) is 0 Å². The maximum atomic E-state index is 13.5. The van der Waals surface area contributed by atoms with Gasteiger partial charge in [-0.2, -0.15) is 0 Å². The summed E-state index contributed by atoms with van der Waals surface area (Å²) in [4.78, 5) is 37.1. The molecule has 1 unspecified atom stereocenters. The first-order chi connectivity index (χ1) is 19.0. The largest absolute Gasteiger partial charge is 0.394 e. The van der Waals surface area contributed by atoms with E-state index in [1.54, 1.807) is 12.3 Å². The molecule has 1 saturated heterocycles. The number of benzene rings is 2. The van der Waals surface area contributed by atoms with Crippen LogP contribution in [0.25, 0.3) is 11.3 Å². The Kier molecular flexibility index (Phi) is 7.20. The summed E-state index contributed by atoms with van der Waals surface area (Å²) in [7, 11) is 0. The molecule has 2 aliphatic heterocycles. The third-order valence-electron chi connectivity index (χ3n) is 7.82. The molecule has 1 aliphatic carbocycles. The summed E-state index contributed by atoms with van der Waals surface area (Å²) in [5, 5.41) is 16.9. The monoisotopic (exact) mass is 547 g/mol. The first kappa shape index (κ1) is 25.7. The Morgan fingerprint density at radius 1 is 1.15 bits per heavy atom. The lowest BCUT2D eigenvalue weighted by Crippen LogP contribution is -2.49. The predicted octanol–water partition coefficient (Wildman–Crippen LogP) is 3.51. The van der Waals surface area contributed by atoms with Crippen molar-refractivity contribution in [2.24, 2.45) is 0 Å². The van der Waals surface area contributed by atoms with E-state index >= 15 is 0 Å². The number of hydrogen-bond acceptors (Lipinski definition) is 7. The Bertz CT molecular complexity index is 1410. The maximum absolute atomic E-state index is 13.5. The molecule has 2 amide bonds. The zero-order chi connectivity index (χ0) is 26.9. The Morgan fingerprint density at radius 2 is 1.97 bits per heavy atom. The maximum Gasteiger partial charge on any atom is 0.255 e. The van der Waals surface area contributed by atoms with Gasteiger partial charge in [0.1, 0.15) is 6.04 Å². The minimum absolute atomic E-state index is 0.127. The molecule has 3 aromatic rings. The molecule has 0 saturated carbocycles. The van der Waals surface area contributed by atoms with Gasteiger partial charge in [-0.15, -0.1) is 0 Å². The number of rotatable bonds is 7. The number of carbonyl (C=O) groups excluding carboxylic acids is 2. The number of carbonyl (C=O) groups is 2. The summed E-state index contributed by atoms with van der Waals surface area (Å²) >= 11 is 6.47. The zero-order valence-corrected chi connectivity index (χ0v) is 22.2. The van der Waals surface area contributed by atoms with Gasteiger partial charge in [0.15, 0.2) is 0 Å². The summed E-state index contributed by atoms with van der Waals surface area (Å²) < 4.78 is 5.42. The van der Waals surface area contributed by atoms with Crippen LogP contribution in [-0.4, -0.2) is 63.7 Å². The molecule has 2 aromatic carbocycles. The standard InChI is InChI=1S/C29H30ClN5O4/c30-23-14-31-29(32-20-9-11-39-12-10-20)34-26(23)18-5-6-19-15-35(28(38)22(19)13-18)25(16-36)27(37)33-24-8-7-17-3-1-2-4-21(17)24/h1-6,13-14,20,24-25,36H,7-12,15-16H2,(H,33,37)(H,31,32,34)/t24-,25?/m1/s1. The van der Waals surface area contributed by atoms with Gasteiger partial charge in [0, 0.05) is 36.9 Å². The van der Waals surface area contributed by atoms with Crippen LogP contribution in [0.3, 0.4) is 0 Å². The molecular formula is C29H30ClN5O4. The summed E-state index contributed by atoms with van der Waals surface area (Å²) in [5.74, 6) is -0.192. The van der Waals surface area contributed by atoms with Crippen LogP contribution in [0.2, 0.25) is 5.02 Å². The highest BCUT2D eigenvalue weighted by Gasteiger charge is 2.37. The summed E-state index contributed by atoms with van der Waals surface area (Å²) in [6.45, 7) is 1.17. The van der Waals surface area contributed by atoms with Crippen molar-refractivity contribution in [1.82, 2.24) is 20.2 Å². The topological polar surface area (TPSA) is 117 Å². The third kappa shape index (κ3) is 5.09. The van der Waals surface area contributed by atoms with Crippen LogP contribution in [-0.2, 0) is 22.5 Å². The lowest BCUT2D eigenvalue weighted by atomic mass is 10.0. The Morgan fingerprint density at radius 3 is 2.79 bits per heavy atom. The van der Waals surface area contributed by atoms with Crippen LogP contribution >= 0.6 is 11.6 Å². The fraction of sp³-hybridized carbons (Fsp3) is 0.379. The van der Waals surface area contributed by atoms with Crippen LogP contribution < -0.4 is 10.6 Å². The van der Waals surface area contributed by atoms with Crippen LogP contribution in [0.1, 0.15) is 52.4 Å². The zero-order valence-electron chi connectivity index (χ0n) is 21.4. The molecule has 1 fully saturated rings. The van der Waals surface area contributed by atoms with Gasteiger partial charge in [-0.25, -0.2) is 9.97 Å². The minimum atomic E-state index is -0.987. The van der Waals surface area contributed by atoms with Crippen molar-refractivity contribution in [2.45, 2.75) is 50.4 Å². The molecular weight excluding hydrogens is 518 g/mol. The Labute approximate surface area is 231 Å². The predicted molar refractivity (Wildman–Crippen MR) is 146 cm³/mol. The van der Waals surface area contributed by atoms with Gasteiger partial charge in [0.05, 0.1) is 29.6 Å². The van der Waals surface area contributed by atoms with Crippen molar-refractivity contribution < 1.29 is 19.4 Å². The first-order valence-corrected chi connectivity index (χ1v) is 13.7. The molecule has 1 aromatic heterocycles. The van der Waals surface area contributed by atoms with E-state index in [9.17, 15) is 14.7 Å². The van der Waals surface area contributed by atoms with E-state index in [-0.39, 0.29) is 30.4 Å². The number of amides is 2. The lowest BCUT2D eigenvalue weighted by molar-refractivity contribution is -0.127. The van der Waals surface area contributed by atoms with Crippen molar-refractivity contribution in [3.8, 4) is 11.3 Å². The number of nitrogens with one attached hydrogen (secondary N) is 2. The molecule has 0 radical (unpaired) electrons. The molecule has 10 heteroatoms. The number of fused-ring (bicyclic) bond motifs is 2. The smallest absolute Gasteiger partial charge is 0.255 e. The van der Waals surface area contributed by atoms with E-state index in [0.717, 1.165) is 36.8 Å².